The van der Waals surface area contributed by atoms with Crippen LogP contribution in [0.25, 0.3) is 0 Å². The average Bonchev–Trinajstić information content (AvgIpc) is 2.67. The molecular formula is C22H32N2O4. The van der Waals surface area contributed by atoms with Gasteiger partial charge in [0.1, 0.15) is 11.9 Å². The zero-order valence-electron chi connectivity index (χ0n) is 17.4. The highest BCUT2D eigenvalue weighted by molar-refractivity contribution is 5.83. The smallest absolute Gasteiger partial charge is 0.410 e. The van der Waals surface area contributed by atoms with Gasteiger partial charge in [0.05, 0.1) is 5.92 Å². The van der Waals surface area contributed by atoms with Gasteiger partial charge in [-0.3, -0.25) is 4.79 Å². The molecule has 1 aromatic rings. The van der Waals surface area contributed by atoms with Crippen LogP contribution in [-0.2, 0) is 14.3 Å². The lowest BCUT2D eigenvalue weighted by molar-refractivity contribution is -0.122. The Kier molecular flexibility index (Phi) is 7.61. The van der Waals surface area contributed by atoms with Gasteiger partial charge in [0.2, 0.25) is 5.91 Å². The van der Waals surface area contributed by atoms with E-state index >= 15 is 0 Å². The quantitative estimate of drug-likeness (QED) is 0.756. The van der Waals surface area contributed by atoms with Crippen LogP contribution in [0, 0.1) is 0 Å². The Morgan fingerprint density at radius 1 is 1.21 bits per heavy atom. The summed E-state index contributed by atoms with van der Waals surface area (Å²) in [5.74, 6) is 0.0136. The van der Waals surface area contributed by atoms with E-state index in [1.54, 1.807) is 11.9 Å². The van der Waals surface area contributed by atoms with Gasteiger partial charge in [-0.05, 0) is 57.1 Å². The number of rotatable bonds is 6. The second-order valence-electron chi connectivity index (χ2n) is 8.32. The molecule has 1 heterocycles. The van der Waals surface area contributed by atoms with Crippen LogP contribution in [0.3, 0.4) is 0 Å². The summed E-state index contributed by atoms with van der Waals surface area (Å²) in [6, 6.07) is 8.11. The summed E-state index contributed by atoms with van der Waals surface area (Å²) >= 11 is 0. The summed E-state index contributed by atoms with van der Waals surface area (Å²) in [5.41, 5.74) is 1.67. The van der Waals surface area contributed by atoms with E-state index in [0.29, 0.717) is 31.8 Å². The summed E-state index contributed by atoms with van der Waals surface area (Å²) < 4.78 is 5.45. The van der Waals surface area contributed by atoms with Crippen molar-refractivity contribution in [3.05, 3.63) is 35.4 Å². The van der Waals surface area contributed by atoms with E-state index in [-0.39, 0.29) is 17.9 Å². The van der Waals surface area contributed by atoms with Crippen molar-refractivity contribution in [3.8, 4) is 0 Å². The van der Waals surface area contributed by atoms with Gasteiger partial charge in [0.25, 0.3) is 0 Å². The summed E-state index contributed by atoms with van der Waals surface area (Å²) in [6.07, 6.45) is 3.26. The van der Waals surface area contributed by atoms with Crippen LogP contribution in [0.5, 0.6) is 0 Å². The first kappa shape index (κ1) is 21.9. The second kappa shape index (κ2) is 9.71. The maximum atomic E-state index is 12.2. The third-order valence-corrected chi connectivity index (χ3v) is 5.09. The predicted molar refractivity (Wildman–Crippen MR) is 108 cm³/mol. The lowest BCUT2D eigenvalue weighted by Crippen LogP contribution is -2.41. The minimum atomic E-state index is -0.477. The molecule has 6 nitrogen and oxygen atoms in total. The minimum absolute atomic E-state index is 0.0692. The molecule has 1 N–H and O–H groups in total. The van der Waals surface area contributed by atoms with Crippen LogP contribution < -0.4 is 5.32 Å². The van der Waals surface area contributed by atoms with Crippen molar-refractivity contribution in [2.75, 3.05) is 20.1 Å². The first-order valence-electron chi connectivity index (χ1n) is 9.98. The second-order valence-corrected chi connectivity index (χ2v) is 8.32. The molecule has 1 aromatic carbocycles. The molecule has 2 rings (SSSR count). The molecule has 0 aliphatic carbocycles. The molecule has 154 valence electrons. The van der Waals surface area contributed by atoms with E-state index in [0.717, 1.165) is 24.7 Å². The first-order valence-corrected chi connectivity index (χ1v) is 9.98. The Labute approximate surface area is 167 Å². The van der Waals surface area contributed by atoms with Gasteiger partial charge in [-0.25, -0.2) is 4.79 Å². The third-order valence-electron chi connectivity index (χ3n) is 5.09. The zero-order valence-corrected chi connectivity index (χ0v) is 17.4. The van der Waals surface area contributed by atoms with Gasteiger partial charge < -0.3 is 19.7 Å². The van der Waals surface area contributed by atoms with Crippen LogP contribution in [0.1, 0.15) is 69.4 Å². The van der Waals surface area contributed by atoms with Gasteiger partial charge in [-0.1, -0.05) is 24.3 Å². The summed E-state index contributed by atoms with van der Waals surface area (Å²) in [4.78, 5) is 36.8. The molecule has 0 aromatic heterocycles. The molecule has 1 aliphatic heterocycles. The fraction of sp³-hybridized carbons (Fsp3) is 0.591. The number of hydrogen-bond donors (Lipinski definition) is 1. The van der Waals surface area contributed by atoms with Crippen LogP contribution in [-0.4, -0.2) is 48.9 Å². The highest BCUT2D eigenvalue weighted by atomic mass is 16.6. The number of carbonyl (C=O) groups excluding carboxylic acids is 3. The topological polar surface area (TPSA) is 75.7 Å². The number of carbonyl (C=O) groups is 3. The van der Waals surface area contributed by atoms with E-state index in [2.05, 4.69) is 17.4 Å². The molecule has 1 atom stereocenters. The van der Waals surface area contributed by atoms with Crippen molar-refractivity contribution in [3.63, 3.8) is 0 Å². The normalized spacial score (nSPS) is 16.4. The van der Waals surface area contributed by atoms with Gasteiger partial charge in [0, 0.05) is 26.6 Å². The van der Waals surface area contributed by atoms with Crippen molar-refractivity contribution in [2.45, 2.75) is 63.9 Å². The van der Waals surface area contributed by atoms with Crippen LogP contribution in [0.15, 0.2) is 24.3 Å². The number of nitrogens with zero attached hydrogens (tertiary/aromatic N) is 1. The molecule has 1 fully saturated rings. The van der Waals surface area contributed by atoms with E-state index in [1.165, 1.54) is 5.56 Å². The zero-order chi connectivity index (χ0) is 20.7. The molecule has 0 radical (unpaired) electrons. The maximum absolute atomic E-state index is 12.2. The molecule has 6 heteroatoms. The molecule has 1 aliphatic rings. The molecule has 1 unspecified atom stereocenters. The molecule has 28 heavy (non-hydrogen) atoms. The monoisotopic (exact) mass is 388 g/mol. The number of benzene rings is 1. The van der Waals surface area contributed by atoms with Crippen molar-refractivity contribution < 1.29 is 19.1 Å². The maximum Gasteiger partial charge on any atom is 0.410 e. The Hall–Kier alpha value is -2.37. The molecular weight excluding hydrogens is 356 g/mol. The number of amides is 2. The largest absolute Gasteiger partial charge is 0.444 e. The lowest BCUT2D eigenvalue weighted by Gasteiger charge is -2.33. The third kappa shape index (κ3) is 6.08. The van der Waals surface area contributed by atoms with Gasteiger partial charge in [-0.15, -0.1) is 0 Å². The van der Waals surface area contributed by atoms with Crippen molar-refractivity contribution in [1.82, 2.24) is 10.2 Å². The van der Waals surface area contributed by atoms with Gasteiger partial charge in [-0.2, -0.15) is 0 Å². The highest BCUT2D eigenvalue weighted by Crippen LogP contribution is 2.30. The van der Waals surface area contributed by atoms with E-state index in [9.17, 15) is 14.4 Å². The Bertz CT molecular complexity index is 671. The number of ether oxygens (including phenoxy) is 1. The molecule has 2 amide bonds. The molecule has 0 saturated carbocycles. The van der Waals surface area contributed by atoms with Crippen LogP contribution >= 0.6 is 0 Å². The highest BCUT2D eigenvalue weighted by Gasteiger charge is 2.27. The minimum Gasteiger partial charge on any atom is -0.444 e. The van der Waals surface area contributed by atoms with E-state index in [4.69, 9.17) is 4.74 Å². The number of aldehydes is 1. The fourth-order valence-electron chi connectivity index (χ4n) is 3.58. The SMILES string of the molecule is CNC(=O)C(CCC=O)c1ccc(C2CCN(C(=O)OC(C)(C)C)CC2)cc1. The van der Waals surface area contributed by atoms with Gasteiger partial charge in [0.15, 0.2) is 0 Å². The Morgan fingerprint density at radius 2 is 1.82 bits per heavy atom. The van der Waals surface area contributed by atoms with Crippen LogP contribution in [0.4, 0.5) is 4.79 Å². The number of hydrogen-bond acceptors (Lipinski definition) is 4. The summed E-state index contributed by atoms with van der Waals surface area (Å²) in [7, 11) is 1.61. The number of likely N-dealkylation sites (N-methyl/N-ethyl adjacent to an activating group) is 1. The Balaban J connectivity index is 1.98. The fourth-order valence-corrected chi connectivity index (χ4v) is 3.58. The number of likely N-dealkylation sites (tertiary alicyclic amines) is 1. The number of nitrogens with one attached hydrogen (secondary N) is 1. The standard InChI is InChI=1S/C22H32N2O4/c1-22(2,3)28-21(27)24-13-11-17(12-14-24)16-7-9-18(10-8-16)19(6-5-15-25)20(26)23-4/h7-10,15,17,19H,5-6,11-14H2,1-4H3,(H,23,26). The van der Waals surface area contributed by atoms with E-state index in [1.807, 2.05) is 32.9 Å². The van der Waals surface area contributed by atoms with Crippen molar-refractivity contribution >= 4 is 18.3 Å². The first-order chi connectivity index (χ1) is 13.2. The summed E-state index contributed by atoms with van der Waals surface area (Å²) in [5, 5.41) is 2.68. The predicted octanol–water partition coefficient (Wildman–Crippen LogP) is 3.61. The number of piperidine rings is 1. The molecule has 0 bridgehead atoms. The molecule has 1 saturated heterocycles. The van der Waals surface area contributed by atoms with Crippen molar-refractivity contribution in [1.29, 1.82) is 0 Å². The van der Waals surface area contributed by atoms with E-state index < -0.39 is 5.60 Å². The summed E-state index contributed by atoms with van der Waals surface area (Å²) in [6.45, 7) is 6.99. The lowest BCUT2D eigenvalue weighted by atomic mass is 9.87. The van der Waals surface area contributed by atoms with Gasteiger partial charge >= 0.3 is 6.09 Å². The Morgan fingerprint density at radius 3 is 2.32 bits per heavy atom. The molecule has 0 spiro atoms. The van der Waals surface area contributed by atoms with Crippen LogP contribution in [0.2, 0.25) is 0 Å². The average molecular weight is 389 g/mol. The van der Waals surface area contributed by atoms with Crippen molar-refractivity contribution in [2.24, 2.45) is 0 Å².